The summed E-state index contributed by atoms with van der Waals surface area (Å²) in [5.74, 6) is 0. The molecule has 0 unspecified atom stereocenters. The second-order valence-electron chi connectivity index (χ2n) is 3.02. The number of hydrogen-bond donors (Lipinski definition) is 0. The molecule has 0 aliphatic carbocycles. The fourth-order valence-corrected chi connectivity index (χ4v) is 2.90. The van der Waals surface area contributed by atoms with Gasteiger partial charge in [0.2, 0.25) is 0 Å². The third kappa shape index (κ3) is 6.46. The Bertz CT molecular complexity index is 284. The van der Waals surface area contributed by atoms with Gasteiger partial charge in [-0.1, -0.05) is 11.6 Å². The first-order chi connectivity index (χ1) is 7.08. The van der Waals surface area contributed by atoms with Gasteiger partial charge in [-0.05, 0) is 20.8 Å². The van der Waals surface area contributed by atoms with E-state index in [0.717, 1.165) is 5.57 Å². The smallest absolute Gasteiger partial charge is 0.309 e. The van der Waals surface area contributed by atoms with E-state index in [1.54, 1.807) is 19.9 Å². The molecule has 0 fully saturated rings. The SMILES string of the molecule is CCOP(=O)(C/C(C)=C/CC#N)OCC. The number of rotatable bonds is 7. The van der Waals surface area contributed by atoms with E-state index in [-0.39, 0.29) is 6.16 Å². The Hall–Kier alpha value is -0.620. The largest absolute Gasteiger partial charge is 0.334 e. The molecule has 0 atom stereocenters. The molecule has 0 radical (unpaired) electrons. The lowest BCUT2D eigenvalue weighted by Gasteiger charge is -2.16. The Morgan fingerprint density at radius 1 is 1.40 bits per heavy atom. The van der Waals surface area contributed by atoms with E-state index in [2.05, 4.69) is 0 Å². The van der Waals surface area contributed by atoms with Gasteiger partial charge in [0.15, 0.2) is 0 Å². The van der Waals surface area contributed by atoms with E-state index in [4.69, 9.17) is 14.3 Å². The first kappa shape index (κ1) is 14.4. The van der Waals surface area contributed by atoms with Crippen LogP contribution in [0.4, 0.5) is 0 Å². The minimum Gasteiger partial charge on any atom is -0.309 e. The highest BCUT2D eigenvalue weighted by molar-refractivity contribution is 7.54. The van der Waals surface area contributed by atoms with Gasteiger partial charge in [-0.15, -0.1) is 0 Å². The second kappa shape index (κ2) is 7.64. The average Bonchev–Trinajstić information content (AvgIpc) is 2.15. The van der Waals surface area contributed by atoms with Gasteiger partial charge in [-0.3, -0.25) is 4.57 Å². The van der Waals surface area contributed by atoms with Crippen LogP contribution in [0.5, 0.6) is 0 Å². The van der Waals surface area contributed by atoms with Gasteiger partial charge in [0, 0.05) is 0 Å². The number of nitriles is 1. The van der Waals surface area contributed by atoms with Gasteiger partial charge < -0.3 is 9.05 Å². The quantitative estimate of drug-likeness (QED) is 0.499. The van der Waals surface area contributed by atoms with E-state index < -0.39 is 7.60 Å². The standard InChI is InChI=1S/C10H18NO3P/c1-4-13-15(12,14-5-2)9-10(3)7-6-8-11/h7H,4-6,9H2,1-3H3/b10-7+. The molecule has 0 rings (SSSR count). The number of nitrogens with zero attached hydrogens (tertiary/aromatic N) is 1. The van der Waals surface area contributed by atoms with Gasteiger partial charge in [0.05, 0.1) is 31.9 Å². The first-order valence-electron chi connectivity index (χ1n) is 4.98. The normalized spacial score (nSPS) is 12.5. The first-order valence-corrected chi connectivity index (χ1v) is 6.71. The minimum atomic E-state index is -2.99. The maximum Gasteiger partial charge on any atom is 0.334 e. The maximum atomic E-state index is 12.0. The van der Waals surface area contributed by atoms with Gasteiger partial charge in [-0.2, -0.15) is 5.26 Å². The van der Waals surface area contributed by atoms with Crippen molar-refractivity contribution in [1.82, 2.24) is 0 Å². The topological polar surface area (TPSA) is 59.3 Å². The molecule has 4 nitrogen and oxygen atoms in total. The van der Waals surface area contributed by atoms with E-state index in [0.29, 0.717) is 19.6 Å². The van der Waals surface area contributed by atoms with Crippen LogP contribution in [0.25, 0.3) is 0 Å². The third-order valence-corrected chi connectivity index (χ3v) is 3.83. The summed E-state index contributed by atoms with van der Waals surface area (Å²) in [6, 6.07) is 2.00. The fraction of sp³-hybridized carbons (Fsp3) is 0.700. The van der Waals surface area contributed by atoms with Crippen molar-refractivity contribution in [2.45, 2.75) is 27.2 Å². The van der Waals surface area contributed by atoms with Crippen LogP contribution in [0.15, 0.2) is 11.6 Å². The Morgan fingerprint density at radius 2 is 1.93 bits per heavy atom. The summed E-state index contributed by atoms with van der Waals surface area (Å²) in [4.78, 5) is 0. The summed E-state index contributed by atoms with van der Waals surface area (Å²) in [5, 5.41) is 8.39. The van der Waals surface area contributed by atoms with Crippen LogP contribution in [-0.2, 0) is 13.6 Å². The molecule has 0 aromatic carbocycles. The summed E-state index contributed by atoms with van der Waals surface area (Å²) in [5.41, 5.74) is 0.863. The Morgan fingerprint density at radius 3 is 2.33 bits per heavy atom. The molecule has 0 bridgehead atoms. The molecule has 0 aromatic heterocycles. The van der Waals surface area contributed by atoms with Crippen molar-refractivity contribution in [1.29, 1.82) is 5.26 Å². The van der Waals surface area contributed by atoms with Crippen molar-refractivity contribution in [2.24, 2.45) is 0 Å². The van der Waals surface area contributed by atoms with Crippen LogP contribution in [0.1, 0.15) is 27.2 Å². The van der Waals surface area contributed by atoms with Crippen molar-refractivity contribution >= 4 is 7.60 Å². The zero-order valence-corrected chi connectivity index (χ0v) is 10.4. The average molecular weight is 231 g/mol. The summed E-state index contributed by atoms with van der Waals surface area (Å²) in [6.07, 6.45) is 2.32. The highest BCUT2D eigenvalue weighted by Crippen LogP contribution is 2.49. The van der Waals surface area contributed by atoms with Gasteiger partial charge in [0.25, 0.3) is 0 Å². The van der Waals surface area contributed by atoms with Crippen LogP contribution >= 0.6 is 7.60 Å². The zero-order chi connectivity index (χ0) is 11.7. The molecule has 0 aliphatic heterocycles. The molecule has 0 amide bonds. The number of hydrogen-bond acceptors (Lipinski definition) is 4. The molecule has 86 valence electrons. The van der Waals surface area contributed by atoms with Crippen LogP contribution in [0, 0.1) is 11.3 Å². The minimum absolute atomic E-state index is 0.260. The van der Waals surface area contributed by atoms with Crippen molar-refractivity contribution < 1.29 is 13.6 Å². The summed E-state index contributed by atoms with van der Waals surface area (Å²) in [7, 11) is -2.99. The molecular formula is C10H18NO3P. The van der Waals surface area contributed by atoms with Gasteiger partial charge >= 0.3 is 7.60 Å². The second-order valence-corrected chi connectivity index (χ2v) is 5.07. The zero-order valence-electron chi connectivity index (χ0n) is 9.52. The molecule has 0 spiro atoms. The van der Waals surface area contributed by atoms with Gasteiger partial charge in [0.1, 0.15) is 0 Å². The molecular weight excluding hydrogens is 213 g/mol. The molecule has 0 heterocycles. The lowest BCUT2D eigenvalue weighted by molar-refractivity contribution is 0.222. The van der Waals surface area contributed by atoms with Crippen molar-refractivity contribution in [3.8, 4) is 6.07 Å². The fourth-order valence-electron chi connectivity index (χ4n) is 1.11. The van der Waals surface area contributed by atoms with Crippen LogP contribution in [0.3, 0.4) is 0 Å². The van der Waals surface area contributed by atoms with Crippen molar-refractivity contribution in [2.75, 3.05) is 19.4 Å². The lowest BCUT2D eigenvalue weighted by Crippen LogP contribution is -2.01. The lowest BCUT2D eigenvalue weighted by atomic mass is 10.3. The van der Waals surface area contributed by atoms with E-state index in [1.807, 2.05) is 13.0 Å². The maximum absolute atomic E-state index is 12.0. The predicted molar refractivity (Wildman–Crippen MR) is 59.7 cm³/mol. The van der Waals surface area contributed by atoms with E-state index in [1.165, 1.54) is 0 Å². The monoisotopic (exact) mass is 231 g/mol. The molecule has 0 saturated heterocycles. The van der Waals surface area contributed by atoms with Crippen LogP contribution in [-0.4, -0.2) is 19.4 Å². The van der Waals surface area contributed by atoms with Crippen molar-refractivity contribution in [3.05, 3.63) is 11.6 Å². The molecule has 0 aliphatic rings. The molecule has 0 aromatic rings. The molecule has 0 saturated carbocycles. The molecule has 0 N–H and O–H groups in total. The van der Waals surface area contributed by atoms with Crippen molar-refractivity contribution in [3.63, 3.8) is 0 Å². The highest BCUT2D eigenvalue weighted by Gasteiger charge is 2.23. The van der Waals surface area contributed by atoms with Crippen LogP contribution < -0.4 is 0 Å². The summed E-state index contributed by atoms with van der Waals surface area (Å²) in [6.45, 7) is 6.10. The summed E-state index contributed by atoms with van der Waals surface area (Å²) >= 11 is 0. The number of allylic oxidation sites excluding steroid dienone is 2. The van der Waals surface area contributed by atoms with Gasteiger partial charge in [-0.25, -0.2) is 0 Å². The van der Waals surface area contributed by atoms with E-state index in [9.17, 15) is 4.57 Å². The Balaban J connectivity index is 4.41. The highest BCUT2D eigenvalue weighted by atomic mass is 31.2. The predicted octanol–water partition coefficient (Wildman–Crippen LogP) is 3.11. The summed E-state index contributed by atoms with van der Waals surface area (Å²) < 4.78 is 22.3. The van der Waals surface area contributed by atoms with Crippen LogP contribution in [0.2, 0.25) is 0 Å². The molecule has 5 heteroatoms. The molecule has 15 heavy (non-hydrogen) atoms. The Kier molecular flexibility index (Phi) is 7.33. The third-order valence-electron chi connectivity index (χ3n) is 1.64. The Labute approximate surface area is 91.4 Å². The van der Waals surface area contributed by atoms with E-state index >= 15 is 0 Å².